The van der Waals surface area contributed by atoms with Gasteiger partial charge in [0.05, 0.1) is 16.7 Å². The van der Waals surface area contributed by atoms with Crippen molar-refractivity contribution < 1.29 is 4.79 Å². The maximum absolute atomic E-state index is 11.1. The van der Waals surface area contributed by atoms with E-state index in [2.05, 4.69) is 10.6 Å². The number of fused-ring (bicyclic) bond motifs is 3. The molecule has 3 rings (SSSR count). The number of hydrogen-bond acceptors (Lipinski definition) is 1. The van der Waals surface area contributed by atoms with Crippen LogP contribution in [0.15, 0.2) is 30.3 Å². The first-order valence-corrected chi connectivity index (χ1v) is 5.24. The maximum atomic E-state index is 11.1. The predicted octanol–water partition coefficient (Wildman–Crippen LogP) is 2.55. The number of nitrogens with zero attached hydrogens (tertiary/aromatic N) is 2. The third-order valence-electron chi connectivity index (χ3n) is 3.16. The summed E-state index contributed by atoms with van der Waals surface area (Å²) in [6.07, 6.45) is 0.925. The third-order valence-corrected chi connectivity index (χ3v) is 3.16. The number of carbonyl (C=O) groups excluding carboxylic acids is 1. The standard InChI is InChI=1S/C13H12N2O/c1-9-7-13-14(2)10-5-3-4-6-11(10)15(13)12(9)8-16/h3-8H,1-2H3. The van der Waals surface area contributed by atoms with E-state index in [-0.39, 0.29) is 0 Å². The summed E-state index contributed by atoms with van der Waals surface area (Å²) in [5.74, 6) is 0. The number of aldehydes is 1. The van der Waals surface area contributed by atoms with Crippen molar-refractivity contribution in [3.63, 3.8) is 0 Å². The Morgan fingerprint density at radius 3 is 2.56 bits per heavy atom. The molecule has 0 amide bonds. The van der Waals surface area contributed by atoms with E-state index in [1.807, 2.05) is 42.6 Å². The van der Waals surface area contributed by atoms with Gasteiger partial charge in [-0.1, -0.05) is 12.1 Å². The van der Waals surface area contributed by atoms with Crippen LogP contribution in [0.5, 0.6) is 0 Å². The Hall–Kier alpha value is -2.03. The maximum Gasteiger partial charge on any atom is 0.167 e. The summed E-state index contributed by atoms with van der Waals surface area (Å²) in [5.41, 5.74) is 5.04. The highest BCUT2D eigenvalue weighted by Crippen LogP contribution is 2.24. The minimum Gasteiger partial charge on any atom is -0.329 e. The smallest absolute Gasteiger partial charge is 0.167 e. The van der Waals surface area contributed by atoms with Crippen LogP contribution in [0.4, 0.5) is 0 Å². The van der Waals surface area contributed by atoms with Crippen molar-refractivity contribution in [1.29, 1.82) is 0 Å². The zero-order valence-corrected chi connectivity index (χ0v) is 9.27. The molecule has 0 saturated heterocycles. The van der Waals surface area contributed by atoms with Crippen LogP contribution in [0, 0.1) is 6.92 Å². The lowest BCUT2D eigenvalue weighted by Gasteiger charge is -1.95. The molecule has 0 aliphatic carbocycles. The summed E-state index contributed by atoms with van der Waals surface area (Å²) in [6, 6.07) is 10.1. The minimum absolute atomic E-state index is 0.742. The van der Waals surface area contributed by atoms with Gasteiger partial charge in [0, 0.05) is 7.05 Å². The minimum atomic E-state index is 0.742. The van der Waals surface area contributed by atoms with Gasteiger partial charge in [0.15, 0.2) is 6.29 Å². The van der Waals surface area contributed by atoms with Gasteiger partial charge >= 0.3 is 0 Å². The topological polar surface area (TPSA) is 26.4 Å². The molecular formula is C13H12N2O. The van der Waals surface area contributed by atoms with Gasteiger partial charge in [0.2, 0.25) is 0 Å². The lowest BCUT2D eigenvalue weighted by Crippen LogP contribution is -1.90. The van der Waals surface area contributed by atoms with Crippen molar-refractivity contribution in [2.45, 2.75) is 6.92 Å². The van der Waals surface area contributed by atoms with Crippen molar-refractivity contribution >= 4 is 23.0 Å². The second kappa shape index (κ2) is 2.98. The molecule has 0 unspecified atom stereocenters. The Labute approximate surface area is 92.9 Å². The van der Waals surface area contributed by atoms with Crippen LogP contribution >= 0.6 is 0 Å². The third kappa shape index (κ3) is 0.949. The Morgan fingerprint density at radius 1 is 1.19 bits per heavy atom. The first-order valence-electron chi connectivity index (χ1n) is 5.24. The van der Waals surface area contributed by atoms with Crippen LogP contribution in [0.3, 0.4) is 0 Å². The summed E-state index contributed by atoms with van der Waals surface area (Å²) in [5, 5.41) is 0. The van der Waals surface area contributed by atoms with E-state index >= 15 is 0 Å². The fourth-order valence-corrected chi connectivity index (χ4v) is 2.34. The van der Waals surface area contributed by atoms with Crippen molar-refractivity contribution in [2.24, 2.45) is 7.05 Å². The van der Waals surface area contributed by atoms with Crippen LogP contribution in [0.1, 0.15) is 16.1 Å². The normalized spacial score (nSPS) is 11.4. The average Bonchev–Trinajstić information content (AvgIpc) is 2.76. The quantitative estimate of drug-likeness (QED) is 0.569. The van der Waals surface area contributed by atoms with Crippen molar-refractivity contribution in [3.05, 3.63) is 41.6 Å². The number of imidazole rings is 1. The van der Waals surface area contributed by atoms with Gasteiger partial charge in [-0.25, -0.2) is 0 Å². The predicted molar refractivity (Wildman–Crippen MR) is 64.0 cm³/mol. The second-order valence-electron chi connectivity index (χ2n) is 4.07. The number of aromatic nitrogens is 2. The van der Waals surface area contributed by atoms with Crippen LogP contribution in [0.2, 0.25) is 0 Å². The highest BCUT2D eigenvalue weighted by atomic mass is 16.1. The second-order valence-corrected chi connectivity index (χ2v) is 4.07. The number of para-hydroxylation sites is 2. The molecule has 0 aliphatic heterocycles. The molecule has 80 valence electrons. The molecule has 0 saturated carbocycles. The molecule has 0 radical (unpaired) electrons. The van der Waals surface area contributed by atoms with E-state index in [1.165, 1.54) is 0 Å². The zero-order chi connectivity index (χ0) is 11.3. The molecule has 1 aromatic carbocycles. The van der Waals surface area contributed by atoms with Crippen LogP contribution in [-0.4, -0.2) is 15.3 Å². The van der Waals surface area contributed by atoms with E-state index in [0.717, 1.165) is 34.2 Å². The number of aryl methyl sites for hydroxylation is 2. The van der Waals surface area contributed by atoms with E-state index in [0.29, 0.717) is 0 Å². The molecule has 0 bridgehead atoms. The largest absolute Gasteiger partial charge is 0.329 e. The highest BCUT2D eigenvalue weighted by Gasteiger charge is 2.13. The zero-order valence-electron chi connectivity index (χ0n) is 9.27. The lowest BCUT2D eigenvalue weighted by atomic mass is 10.2. The Morgan fingerprint density at radius 2 is 1.88 bits per heavy atom. The van der Waals surface area contributed by atoms with E-state index < -0.39 is 0 Å². The van der Waals surface area contributed by atoms with Crippen LogP contribution in [0.25, 0.3) is 16.7 Å². The summed E-state index contributed by atoms with van der Waals surface area (Å²) >= 11 is 0. The van der Waals surface area contributed by atoms with Crippen molar-refractivity contribution in [1.82, 2.24) is 8.97 Å². The molecule has 2 aromatic heterocycles. The van der Waals surface area contributed by atoms with E-state index in [4.69, 9.17) is 0 Å². The summed E-state index contributed by atoms with van der Waals surface area (Å²) in [7, 11) is 2.02. The Bertz CT molecular complexity index is 703. The lowest BCUT2D eigenvalue weighted by molar-refractivity contribution is 0.111. The van der Waals surface area contributed by atoms with Crippen molar-refractivity contribution in [3.8, 4) is 0 Å². The number of rotatable bonds is 1. The van der Waals surface area contributed by atoms with Crippen molar-refractivity contribution in [2.75, 3.05) is 0 Å². The molecule has 16 heavy (non-hydrogen) atoms. The fourth-order valence-electron chi connectivity index (χ4n) is 2.34. The average molecular weight is 212 g/mol. The monoisotopic (exact) mass is 212 g/mol. The number of hydrogen-bond donors (Lipinski definition) is 0. The summed E-state index contributed by atoms with van der Waals surface area (Å²) in [4.78, 5) is 11.1. The Kier molecular flexibility index (Phi) is 1.72. The molecule has 2 heterocycles. The van der Waals surface area contributed by atoms with Gasteiger partial charge in [-0.2, -0.15) is 0 Å². The molecular weight excluding hydrogens is 200 g/mol. The molecule has 3 heteroatoms. The van der Waals surface area contributed by atoms with Crippen LogP contribution in [-0.2, 0) is 7.05 Å². The van der Waals surface area contributed by atoms with Gasteiger partial charge in [-0.05, 0) is 30.7 Å². The number of carbonyl (C=O) groups is 1. The highest BCUT2D eigenvalue weighted by molar-refractivity contribution is 5.88. The SMILES string of the molecule is Cc1cc2n(C)c3ccccc3n2c1C=O. The van der Waals surface area contributed by atoms with Gasteiger partial charge in [-0.3, -0.25) is 9.20 Å². The summed E-state index contributed by atoms with van der Waals surface area (Å²) in [6.45, 7) is 1.96. The van der Waals surface area contributed by atoms with Gasteiger partial charge < -0.3 is 4.57 Å². The molecule has 0 N–H and O–H groups in total. The van der Waals surface area contributed by atoms with E-state index in [1.54, 1.807) is 0 Å². The molecule has 0 atom stereocenters. The van der Waals surface area contributed by atoms with E-state index in [9.17, 15) is 4.79 Å². The van der Waals surface area contributed by atoms with Crippen LogP contribution < -0.4 is 0 Å². The number of benzene rings is 1. The molecule has 3 aromatic rings. The Balaban J connectivity index is 2.66. The molecule has 0 spiro atoms. The summed E-state index contributed by atoms with van der Waals surface area (Å²) < 4.78 is 4.12. The fraction of sp³-hybridized carbons (Fsp3) is 0.154. The molecule has 0 fully saturated rings. The molecule has 3 nitrogen and oxygen atoms in total. The first-order chi connectivity index (χ1) is 7.74. The van der Waals surface area contributed by atoms with Gasteiger partial charge in [0.25, 0.3) is 0 Å². The first kappa shape index (κ1) is 9.21. The molecule has 0 aliphatic rings. The van der Waals surface area contributed by atoms with Gasteiger partial charge in [-0.15, -0.1) is 0 Å². The van der Waals surface area contributed by atoms with Gasteiger partial charge in [0.1, 0.15) is 5.65 Å².